The Morgan fingerprint density at radius 2 is 2.00 bits per heavy atom. The molecule has 1 atom stereocenters. The zero-order valence-corrected chi connectivity index (χ0v) is 10.7. The van der Waals surface area contributed by atoms with Gasteiger partial charge in [-0.25, -0.2) is 0 Å². The fourth-order valence-electron chi connectivity index (χ4n) is 2.20. The Morgan fingerprint density at radius 1 is 1.44 bits per heavy atom. The number of carboxylic acid groups (broad SMARTS) is 1. The minimum atomic E-state index is -1.20. The fraction of sp³-hybridized carbons (Fsp3) is 0.917. The van der Waals surface area contributed by atoms with E-state index < -0.39 is 17.2 Å². The van der Waals surface area contributed by atoms with Crippen molar-refractivity contribution in [2.75, 3.05) is 19.7 Å². The van der Waals surface area contributed by atoms with Gasteiger partial charge in [0.05, 0.1) is 23.7 Å². The summed E-state index contributed by atoms with van der Waals surface area (Å²) in [5.41, 5.74) is -2.11. The molecule has 18 heavy (non-hydrogen) atoms. The molecular weight excluding hydrogens is 238 g/mol. The van der Waals surface area contributed by atoms with E-state index in [0.29, 0.717) is 32.2 Å². The smallest absolute Gasteiger partial charge is 0.306 e. The summed E-state index contributed by atoms with van der Waals surface area (Å²) in [5.74, 6) is -1.15. The van der Waals surface area contributed by atoms with Crippen LogP contribution in [0.25, 0.3) is 0 Å². The normalized spacial score (nSPS) is 31.9. The van der Waals surface area contributed by atoms with Crippen LogP contribution in [0.2, 0.25) is 0 Å². The molecule has 0 heterocycles. The van der Waals surface area contributed by atoms with Crippen molar-refractivity contribution in [2.24, 2.45) is 5.92 Å². The molecule has 5 N–H and O–H groups in total. The maximum Gasteiger partial charge on any atom is 0.306 e. The third-order valence-electron chi connectivity index (χ3n) is 3.57. The van der Waals surface area contributed by atoms with Crippen LogP contribution in [0.3, 0.4) is 0 Å². The maximum absolute atomic E-state index is 10.8. The first kappa shape index (κ1) is 15.4. The van der Waals surface area contributed by atoms with Crippen molar-refractivity contribution in [1.82, 2.24) is 5.32 Å². The van der Waals surface area contributed by atoms with Gasteiger partial charge in [0, 0.05) is 13.1 Å². The molecule has 106 valence electrons. The number of aliphatic hydroxyl groups excluding tert-OH is 1. The summed E-state index contributed by atoms with van der Waals surface area (Å²) in [6.07, 6.45) is 1.84. The average Bonchev–Trinajstić information content (AvgIpc) is 2.29. The Morgan fingerprint density at radius 3 is 2.44 bits per heavy atom. The Labute approximate surface area is 107 Å². The molecule has 0 bridgehead atoms. The lowest BCUT2D eigenvalue weighted by Crippen LogP contribution is -2.49. The maximum atomic E-state index is 10.8. The largest absolute Gasteiger partial charge is 0.481 e. The van der Waals surface area contributed by atoms with Gasteiger partial charge < -0.3 is 25.7 Å². The van der Waals surface area contributed by atoms with E-state index in [0.717, 1.165) is 0 Å². The summed E-state index contributed by atoms with van der Waals surface area (Å²) >= 11 is 0. The molecule has 1 aliphatic rings. The van der Waals surface area contributed by atoms with Crippen LogP contribution < -0.4 is 5.32 Å². The molecule has 0 aromatic heterocycles. The first-order valence-corrected chi connectivity index (χ1v) is 6.27. The van der Waals surface area contributed by atoms with Crippen molar-refractivity contribution >= 4 is 5.97 Å². The van der Waals surface area contributed by atoms with Crippen LogP contribution in [0.1, 0.15) is 32.6 Å². The highest BCUT2D eigenvalue weighted by Crippen LogP contribution is 2.31. The van der Waals surface area contributed by atoms with Gasteiger partial charge in [-0.05, 0) is 32.6 Å². The van der Waals surface area contributed by atoms with Crippen LogP contribution in [-0.2, 0) is 4.79 Å². The van der Waals surface area contributed by atoms with Crippen molar-refractivity contribution in [3.8, 4) is 0 Å². The minimum absolute atomic E-state index is 0.189. The Balaban J connectivity index is 2.33. The molecule has 0 aromatic carbocycles. The van der Waals surface area contributed by atoms with Crippen LogP contribution in [0.4, 0.5) is 0 Å². The highest BCUT2D eigenvalue weighted by Gasteiger charge is 2.35. The number of aliphatic carboxylic acids is 1. The van der Waals surface area contributed by atoms with Gasteiger partial charge in [0.25, 0.3) is 0 Å². The van der Waals surface area contributed by atoms with Gasteiger partial charge in [0.1, 0.15) is 0 Å². The molecule has 1 saturated carbocycles. The summed E-state index contributed by atoms with van der Waals surface area (Å²) < 4.78 is 0. The van der Waals surface area contributed by atoms with E-state index in [-0.39, 0.29) is 19.1 Å². The first-order chi connectivity index (χ1) is 8.28. The summed E-state index contributed by atoms with van der Waals surface area (Å²) in [6, 6.07) is 0. The standard InChI is InChI=1S/C12H23NO5/c1-11(17,8-14)6-13-7-12(18)4-2-9(3-5-12)10(15)16/h9,13-14,17-18H,2-8H2,1H3,(H,15,16). The van der Waals surface area contributed by atoms with Crippen LogP contribution >= 0.6 is 0 Å². The third kappa shape index (κ3) is 4.53. The number of rotatable bonds is 6. The highest BCUT2D eigenvalue weighted by molar-refractivity contribution is 5.70. The second-order valence-corrected chi connectivity index (χ2v) is 5.60. The van der Waals surface area contributed by atoms with E-state index in [2.05, 4.69) is 5.32 Å². The predicted molar refractivity (Wildman–Crippen MR) is 65.1 cm³/mol. The molecule has 1 rings (SSSR count). The Bertz CT molecular complexity index is 284. The second-order valence-electron chi connectivity index (χ2n) is 5.60. The minimum Gasteiger partial charge on any atom is -0.481 e. The van der Waals surface area contributed by atoms with Gasteiger partial charge in [-0.15, -0.1) is 0 Å². The number of hydrogen-bond acceptors (Lipinski definition) is 5. The molecule has 0 amide bonds. The summed E-state index contributed by atoms with van der Waals surface area (Å²) in [4.78, 5) is 10.8. The lowest BCUT2D eigenvalue weighted by molar-refractivity contribution is -0.144. The SMILES string of the molecule is CC(O)(CO)CNCC1(O)CCC(C(=O)O)CC1. The molecule has 1 unspecified atom stereocenters. The highest BCUT2D eigenvalue weighted by atomic mass is 16.4. The van der Waals surface area contributed by atoms with Gasteiger partial charge in [0.15, 0.2) is 0 Å². The fourth-order valence-corrected chi connectivity index (χ4v) is 2.20. The molecular formula is C12H23NO5. The number of hydrogen-bond donors (Lipinski definition) is 5. The van der Waals surface area contributed by atoms with Crippen molar-refractivity contribution in [2.45, 2.75) is 43.8 Å². The Kier molecular flexibility index (Phi) is 5.10. The molecule has 0 spiro atoms. The Hall–Kier alpha value is -0.690. The van der Waals surface area contributed by atoms with E-state index in [4.69, 9.17) is 10.2 Å². The quantitative estimate of drug-likeness (QED) is 0.433. The third-order valence-corrected chi connectivity index (χ3v) is 3.57. The molecule has 1 aliphatic carbocycles. The number of carboxylic acids is 1. The van der Waals surface area contributed by atoms with Gasteiger partial charge in [-0.2, -0.15) is 0 Å². The van der Waals surface area contributed by atoms with E-state index in [1.54, 1.807) is 0 Å². The molecule has 0 aliphatic heterocycles. The molecule has 0 radical (unpaired) electrons. The zero-order valence-electron chi connectivity index (χ0n) is 10.7. The lowest BCUT2D eigenvalue weighted by atomic mass is 9.79. The van der Waals surface area contributed by atoms with Crippen molar-refractivity contribution < 1.29 is 25.2 Å². The number of aliphatic hydroxyl groups is 3. The van der Waals surface area contributed by atoms with E-state index in [1.807, 2.05) is 0 Å². The average molecular weight is 261 g/mol. The van der Waals surface area contributed by atoms with Crippen LogP contribution in [0, 0.1) is 5.92 Å². The topological polar surface area (TPSA) is 110 Å². The lowest BCUT2D eigenvalue weighted by Gasteiger charge is -2.35. The molecule has 0 aromatic rings. The molecule has 6 nitrogen and oxygen atoms in total. The molecule has 6 heteroatoms. The summed E-state index contributed by atoms with van der Waals surface area (Å²) in [6.45, 7) is 1.65. The van der Waals surface area contributed by atoms with E-state index in [9.17, 15) is 15.0 Å². The molecule has 1 fully saturated rings. The van der Waals surface area contributed by atoms with Crippen LogP contribution in [-0.4, -0.2) is 57.3 Å². The van der Waals surface area contributed by atoms with Gasteiger partial charge >= 0.3 is 5.97 Å². The van der Waals surface area contributed by atoms with Crippen LogP contribution in [0.5, 0.6) is 0 Å². The zero-order chi connectivity index (χ0) is 13.8. The first-order valence-electron chi connectivity index (χ1n) is 6.27. The second kappa shape index (κ2) is 5.97. The van der Waals surface area contributed by atoms with Crippen molar-refractivity contribution in [3.63, 3.8) is 0 Å². The molecule has 0 saturated heterocycles. The van der Waals surface area contributed by atoms with Gasteiger partial charge in [-0.3, -0.25) is 4.79 Å². The van der Waals surface area contributed by atoms with Gasteiger partial charge in [0.2, 0.25) is 0 Å². The van der Waals surface area contributed by atoms with Crippen molar-refractivity contribution in [3.05, 3.63) is 0 Å². The summed E-state index contributed by atoms with van der Waals surface area (Å²) in [5, 5.41) is 40.5. The number of carbonyl (C=O) groups is 1. The van der Waals surface area contributed by atoms with Gasteiger partial charge in [-0.1, -0.05) is 0 Å². The summed E-state index contributed by atoms with van der Waals surface area (Å²) in [7, 11) is 0. The van der Waals surface area contributed by atoms with Crippen molar-refractivity contribution in [1.29, 1.82) is 0 Å². The predicted octanol–water partition coefficient (Wildman–Crippen LogP) is -0.675. The monoisotopic (exact) mass is 261 g/mol. The van der Waals surface area contributed by atoms with E-state index >= 15 is 0 Å². The van der Waals surface area contributed by atoms with E-state index in [1.165, 1.54) is 6.92 Å². The van der Waals surface area contributed by atoms with Crippen LogP contribution in [0.15, 0.2) is 0 Å². The number of nitrogens with one attached hydrogen (secondary N) is 1.